The molecule has 1 aliphatic rings. The molecule has 0 bridgehead atoms. The quantitative estimate of drug-likeness (QED) is 0.710. The first-order valence-corrected chi connectivity index (χ1v) is 6.45. The summed E-state index contributed by atoms with van der Waals surface area (Å²) in [5, 5.41) is 0.718. The Balaban J connectivity index is 0.000000771. The van der Waals surface area contributed by atoms with E-state index in [1.54, 1.807) is 6.07 Å². The Hall–Kier alpha value is -1.46. The number of halogens is 1. The van der Waals surface area contributed by atoms with E-state index >= 15 is 0 Å². The zero-order valence-corrected chi connectivity index (χ0v) is 11.4. The molecule has 1 aromatic rings. The van der Waals surface area contributed by atoms with Crippen LogP contribution in [0.2, 0.25) is 5.02 Å². The maximum atomic E-state index is 12.1. The molecule has 2 rings (SSSR count). The average Bonchev–Trinajstić information content (AvgIpc) is 2.44. The second-order valence-corrected chi connectivity index (χ2v) is 4.72. The normalized spacial score (nSPS) is 14.6. The summed E-state index contributed by atoms with van der Waals surface area (Å²) in [6.45, 7) is 3.70. The van der Waals surface area contributed by atoms with Crippen molar-refractivity contribution in [2.45, 2.75) is 26.2 Å². The maximum absolute atomic E-state index is 12.1. The highest BCUT2D eigenvalue weighted by Crippen LogP contribution is 2.19. The number of piperidine rings is 1. The van der Waals surface area contributed by atoms with Crippen LogP contribution in [0.3, 0.4) is 0 Å². The van der Waals surface area contributed by atoms with Crippen molar-refractivity contribution in [3.05, 3.63) is 34.3 Å². The fourth-order valence-corrected chi connectivity index (χ4v) is 2.17. The minimum Gasteiger partial charge on any atom is -0.339 e. The maximum Gasteiger partial charge on any atom is 0.253 e. The molecule has 0 saturated carbocycles. The second kappa shape index (κ2) is 7.08. The van der Waals surface area contributed by atoms with Crippen molar-refractivity contribution in [2.24, 2.45) is 0 Å². The number of carbonyl (C=O) groups excluding carboxylic acids is 1. The number of terminal acetylenes is 1. The minimum atomic E-state index is 0.138. The minimum absolute atomic E-state index is 0.138. The van der Waals surface area contributed by atoms with Gasteiger partial charge in [-0.25, -0.2) is 0 Å². The Kier molecular flexibility index (Phi) is 5.74. The van der Waals surface area contributed by atoms with Crippen molar-refractivity contribution in [3.63, 3.8) is 0 Å². The Morgan fingerprint density at radius 3 is 2.39 bits per heavy atom. The number of hydrogen-bond donors (Lipinski definition) is 0. The summed E-state index contributed by atoms with van der Waals surface area (Å²) < 4.78 is 0. The van der Waals surface area contributed by atoms with Gasteiger partial charge in [0, 0.05) is 23.7 Å². The lowest BCUT2D eigenvalue weighted by Gasteiger charge is -2.26. The number of likely N-dealkylation sites (tertiary alicyclic amines) is 1. The Bertz CT molecular complexity index is 433. The van der Waals surface area contributed by atoms with Crippen molar-refractivity contribution in [3.8, 4) is 12.8 Å². The first kappa shape index (κ1) is 14.6. The van der Waals surface area contributed by atoms with Crippen LogP contribution in [0.4, 0.5) is 0 Å². The first-order chi connectivity index (χ1) is 8.68. The fourth-order valence-electron chi connectivity index (χ4n) is 2.06. The van der Waals surface area contributed by atoms with E-state index in [1.165, 1.54) is 6.42 Å². The first-order valence-electron chi connectivity index (χ1n) is 6.07. The Labute approximate surface area is 114 Å². The van der Waals surface area contributed by atoms with Gasteiger partial charge in [0.05, 0.1) is 0 Å². The van der Waals surface area contributed by atoms with Crippen molar-refractivity contribution < 1.29 is 4.79 Å². The van der Waals surface area contributed by atoms with Crippen molar-refractivity contribution in [1.82, 2.24) is 4.90 Å². The molecule has 18 heavy (non-hydrogen) atoms. The van der Waals surface area contributed by atoms with Crippen molar-refractivity contribution in [2.75, 3.05) is 13.1 Å². The number of rotatable bonds is 1. The summed E-state index contributed by atoms with van der Waals surface area (Å²) in [5.74, 6) is 0.138. The molecule has 0 spiro atoms. The monoisotopic (exact) mass is 263 g/mol. The molecule has 1 amide bonds. The van der Waals surface area contributed by atoms with Gasteiger partial charge in [0.2, 0.25) is 0 Å². The zero-order chi connectivity index (χ0) is 13.5. The molecule has 0 atom stereocenters. The average molecular weight is 264 g/mol. The lowest BCUT2D eigenvalue weighted by Crippen LogP contribution is -2.35. The number of amides is 1. The molecule has 1 aromatic carbocycles. The number of benzene rings is 1. The lowest BCUT2D eigenvalue weighted by atomic mass is 10.1. The molecule has 0 N–H and O–H groups in total. The van der Waals surface area contributed by atoms with Crippen LogP contribution in [0.5, 0.6) is 0 Å². The third-order valence-electron chi connectivity index (χ3n) is 3.05. The van der Waals surface area contributed by atoms with Crippen LogP contribution in [-0.2, 0) is 0 Å². The molecule has 0 aromatic heterocycles. The van der Waals surface area contributed by atoms with Crippen LogP contribution in [0.25, 0.3) is 0 Å². The van der Waals surface area contributed by atoms with E-state index in [4.69, 9.17) is 11.6 Å². The fraction of sp³-hybridized carbons (Fsp3) is 0.400. The van der Waals surface area contributed by atoms with Gasteiger partial charge < -0.3 is 4.90 Å². The van der Waals surface area contributed by atoms with E-state index < -0.39 is 0 Å². The standard InChI is InChI=1S/C13H16ClNO.C2H2/c1-10-9-11(5-6-12(10)14)13(16)15-7-3-2-4-8-15;1-2/h5-6,9H,2-4,7-8H2,1H3;1-2H. The lowest BCUT2D eigenvalue weighted by molar-refractivity contribution is 0.0724. The topological polar surface area (TPSA) is 20.3 Å². The van der Waals surface area contributed by atoms with Crippen LogP contribution < -0.4 is 0 Å². The molecule has 1 saturated heterocycles. The smallest absolute Gasteiger partial charge is 0.253 e. The van der Waals surface area contributed by atoms with E-state index in [9.17, 15) is 4.79 Å². The van der Waals surface area contributed by atoms with Gasteiger partial charge in [0.15, 0.2) is 0 Å². The van der Waals surface area contributed by atoms with Gasteiger partial charge in [-0.3, -0.25) is 4.79 Å². The SMILES string of the molecule is C#C.Cc1cc(C(=O)N2CCCCC2)ccc1Cl. The van der Waals surface area contributed by atoms with E-state index in [0.29, 0.717) is 0 Å². The van der Waals surface area contributed by atoms with Crippen LogP contribution >= 0.6 is 11.6 Å². The van der Waals surface area contributed by atoms with Gasteiger partial charge in [-0.15, -0.1) is 12.8 Å². The molecular formula is C15H18ClNO. The second-order valence-electron chi connectivity index (χ2n) is 4.32. The van der Waals surface area contributed by atoms with Crippen molar-refractivity contribution in [1.29, 1.82) is 0 Å². The van der Waals surface area contributed by atoms with E-state index in [1.807, 2.05) is 24.0 Å². The van der Waals surface area contributed by atoms with Crippen LogP contribution in [0, 0.1) is 19.8 Å². The summed E-state index contributed by atoms with van der Waals surface area (Å²) in [7, 11) is 0. The third kappa shape index (κ3) is 3.51. The number of carbonyl (C=O) groups is 1. The largest absolute Gasteiger partial charge is 0.339 e. The molecule has 0 aliphatic carbocycles. The van der Waals surface area contributed by atoms with Crippen molar-refractivity contribution >= 4 is 17.5 Å². The van der Waals surface area contributed by atoms with Gasteiger partial charge in [-0.2, -0.15) is 0 Å². The molecule has 3 heteroatoms. The summed E-state index contributed by atoms with van der Waals surface area (Å²) in [5.41, 5.74) is 1.72. The van der Waals surface area contributed by atoms with Gasteiger partial charge in [0.1, 0.15) is 0 Å². The highest BCUT2D eigenvalue weighted by molar-refractivity contribution is 6.31. The predicted octanol–water partition coefficient (Wildman–Crippen LogP) is 3.52. The van der Waals surface area contributed by atoms with Gasteiger partial charge in [-0.1, -0.05) is 11.6 Å². The van der Waals surface area contributed by atoms with Gasteiger partial charge in [0.25, 0.3) is 5.91 Å². The molecule has 0 unspecified atom stereocenters. The number of nitrogens with zero attached hydrogens (tertiary/aromatic N) is 1. The van der Waals surface area contributed by atoms with Gasteiger partial charge in [-0.05, 0) is 49.9 Å². The Morgan fingerprint density at radius 2 is 1.83 bits per heavy atom. The van der Waals surface area contributed by atoms with Crippen LogP contribution in [0.15, 0.2) is 18.2 Å². The van der Waals surface area contributed by atoms with E-state index in [2.05, 4.69) is 12.8 Å². The highest BCUT2D eigenvalue weighted by Gasteiger charge is 2.18. The molecule has 2 nitrogen and oxygen atoms in total. The summed E-state index contributed by atoms with van der Waals surface area (Å²) in [6, 6.07) is 5.49. The number of aryl methyl sites for hydroxylation is 1. The van der Waals surface area contributed by atoms with Crippen LogP contribution in [-0.4, -0.2) is 23.9 Å². The highest BCUT2D eigenvalue weighted by atomic mass is 35.5. The number of hydrogen-bond acceptors (Lipinski definition) is 1. The van der Waals surface area contributed by atoms with E-state index in [0.717, 1.165) is 42.1 Å². The predicted molar refractivity (Wildman–Crippen MR) is 75.8 cm³/mol. The summed E-state index contributed by atoms with van der Waals surface area (Å²) in [4.78, 5) is 14.1. The molecule has 1 heterocycles. The van der Waals surface area contributed by atoms with Gasteiger partial charge >= 0.3 is 0 Å². The molecule has 96 valence electrons. The summed E-state index contributed by atoms with van der Waals surface area (Å²) in [6.07, 6.45) is 11.5. The molecule has 1 aliphatic heterocycles. The Morgan fingerprint density at radius 1 is 1.22 bits per heavy atom. The molecular weight excluding hydrogens is 246 g/mol. The zero-order valence-electron chi connectivity index (χ0n) is 10.7. The third-order valence-corrected chi connectivity index (χ3v) is 3.47. The van der Waals surface area contributed by atoms with Crippen LogP contribution in [0.1, 0.15) is 35.2 Å². The molecule has 0 radical (unpaired) electrons. The molecule has 1 fully saturated rings. The van der Waals surface area contributed by atoms with E-state index in [-0.39, 0.29) is 5.91 Å². The summed E-state index contributed by atoms with van der Waals surface area (Å²) >= 11 is 5.95.